The summed E-state index contributed by atoms with van der Waals surface area (Å²) in [5, 5.41) is 3.55. The molecule has 2 fully saturated rings. The SMILES string of the molecule is Cc1oc(CN(C)C2CCOC2C)cc1CNC1CC1. The Bertz CT molecular complexity index is 453. The van der Waals surface area contributed by atoms with Gasteiger partial charge in [-0.1, -0.05) is 0 Å². The highest BCUT2D eigenvalue weighted by atomic mass is 16.5. The van der Waals surface area contributed by atoms with Crippen LogP contribution in [0, 0.1) is 6.92 Å². The molecule has 1 N–H and O–H groups in total. The highest BCUT2D eigenvalue weighted by Gasteiger charge is 2.28. The average Bonchev–Trinajstić information content (AvgIpc) is 3.04. The number of aryl methyl sites for hydroxylation is 1. The molecule has 2 atom stereocenters. The van der Waals surface area contributed by atoms with Gasteiger partial charge in [-0.25, -0.2) is 0 Å². The fraction of sp³-hybridized carbons (Fsp3) is 0.750. The van der Waals surface area contributed by atoms with Gasteiger partial charge in [-0.2, -0.15) is 0 Å². The summed E-state index contributed by atoms with van der Waals surface area (Å²) >= 11 is 0. The first-order valence-electron chi connectivity index (χ1n) is 7.77. The molecule has 1 aromatic heterocycles. The van der Waals surface area contributed by atoms with E-state index in [-0.39, 0.29) is 0 Å². The van der Waals surface area contributed by atoms with Crippen LogP contribution in [-0.2, 0) is 17.8 Å². The minimum absolute atomic E-state index is 0.326. The standard InChI is InChI=1S/C16H26N2O2/c1-11-13(9-17-14-4-5-14)8-15(20-11)10-18(3)16-6-7-19-12(16)2/h8,12,14,16-17H,4-7,9-10H2,1-3H3. The minimum Gasteiger partial charge on any atom is -0.465 e. The maximum atomic E-state index is 5.91. The Balaban J connectivity index is 1.57. The third-order valence-corrected chi connectivity index (χ3v) is 4.54. The third kappa shape index (κ3) is 3.25. The second-order valence-corrected chi connectivity index (χ2v) is 6.30. The normalized spacial score (nSPS) is 26.6. The molecule has 0 spiro atoms. The van der Waals surface area contributed by atoms with Gasteiger partial charge in [0.15, 0.2) is 0 Å². The van der Waals surface area contributed by atoms with E-state index < -0.39 is 0 Å². The Hall–Kier alpha value is -0.840. The van der Waals surface area contributed by atoms with Crippen molar-refractivity contribution in [2.75, 3.05) is 13.7 Å². The van der Waals surface area contributed by atoms with Crippen molar-refractivity contribution in [3.8, 4) is 0 Å². The van der Waals surface area contributed by atoms with Crippen molar-refractivity contribution >= 4 is 0 Å². The molecule has 1 aliphatic carbocycles. The fourth-order valence-electron chi connectivity index (χ4n) is 3.05. The molecule has 20 heavy (non-hydrogen) atoms. The number of nitrogens with one attached hydrogen (secondary N) is 1. The van der Waals surface area contributed by atoms with Crippen LogP contribution in [0.5, 0.6) is 0 Å². The number of ether oxygens (including phenoxy) is 1. The lowest BCUT2D eigenvalue weighted by atomic mass is 10.1. The van der Waals surface area contributed by atoms with Gasteiger partial charge in [-0.3, -0.25) is 4.90 Å². The number of rotatable bonds is 6. The Morgan fingerprint density at radius 3 is 2.80 bits per heavy atom. The molecule has 4 nitrogen and oxygen atoms in total. The lowest BCUT2D eigenvalue weighted by Crippen LogP contribution is -2.36. The molecule has 0 aromatic carbocycles. The van der Waals surface area contributed by atoms with Crippen LogP contribution in [0.3, 0.4) is 0 Å². The molecule has 4 heteroatoms. The summed E-state index contributed by atoms with van der Waals surface area (Å²) in [6, 6.07) is 3.46. The largest absolute Gasteiger partial charge is 0.465 e. The van der Waals surface area contributed by atoms with Gasteiger partial charge in [0.05, 0.1) is 12.6 Å². The van der Waals surface area contributed by atoms with E-state index in [0.29, 0.717) is 12.1 Å². The van der Waals surface area contributed by atoms with Crippen molar-refractivity contribution in [2.24, 2.45) is 0 Å². The van der Waals surface area contributed by atoms with E-state index in [2.05, 4.69) is 37.2 Å². The molecule has 1 saturated heterocycles. The van der Waals surface area contributed by atoms with Crippen molar-refractivity contribution < 1.29 is 9.15 Å². The van der Waals surface area contributed by atoms with Gasteiger partial charge in [0, 0.05) is 30.8 Å². The third-order valence-electron chi connectivity index (χ3n) is 4.54. The van der Waals surface area contributed by atoms with Gasteiger partial charge in [0.2, 0.25) is 0 Å². The van der Waals surface area contributed by atoms with Crippen molar-refractivity contribution in [1.29, 1.82) is 0 Å². The summed E-state index contributed by atoms with van der Waals surface area (Å²) in [5.74, 6) is 2.12. The molecule has 2 aliphatic rings. The molecule has 0 amide bonds. The van der Waals surface area contributed by atoms with E-state index in [1.165, 1.54) is 18.4 Å². The molecule has 1 saturated carbocycles. The van der Waals surface area contributed by atoms with E-state index in [9.17, 15) is 0 Å². The maximum Gasteiger partial charge on any atom is 0.118 e. The predicted molar refractivity (Wildman–Crippen MR) is 78.6 cm³/mol. The zero-order valence-electron chi connectivity index (χ0n) is 12.8. The van der Waals surface area contributed by atoms with Crippen molar-refractivity contribution in [3.05, 3.63) is 23.2 Å². The molecule has 0 bridgehead atoms. The van der Waals surface area contributed by atoms with E-state index in [1.807, 2.05) is 0 Å². The van der Waals surface area contributed by atoms with Crippen molar-refractivity contribution in [2.45, 2.75) is 64.4 Å². The maximum absolute atomic E-state index is 5.91. The molecule has 3 rings (SSSR count). The van der Waals surface area contributed by atoms with Gasteiger partial charge < -0.3 is 14.5 Å². The lowest BCUT2D eigenvalue weighted by Gasteiger charge is -2.25. The van der Waals surface area contributed by atoms with Crippen LogP contribution in [0.15, 0.2) is 10.5 Å². The minimum atomic E-state index is 0.326. The number of hydrogen-bond donors (Lipinski definition) is 1. The zero-order valence-corrected chi connectivity index (χ0v) is 12.8. The van der Waals surface area contributed by atoms with Crippen LogP contribution in [0.2, 0.25) is 0 Å². The number of likely N-dealkylation sites (N-methyl/N-ethyl adjacent to an activating group) is 1. The van der Waals surface area contributed by atoms with E-state index in [4.69, 9.17) is 9.15 Å². The zero-order chi connectivity index (χ0) is 14.1. The first-order valence-corrected chi connectivity index (χ1v) is 7.77. The molecular formula is C16H26N2O2. The molecule has 1 aliphatic heterocycles. The summed E-state index contributed by atoms with van der Waals surface area (Å²) in [4.78, 5) is 2.36. The topological polar surface area (TPSA) is 37.6 Å². The van der Waals surface area contributed by atoms with Crippen LogP contribution in [0.25, 0.3) is 0 Å². The summed E-state index contributed by atoms with van der Waals surface area (Å²) in [7, 11) is 2.16. The van der Waals surface area contributed by atoms with E-state index in [1.54, 1.807) is 0 Å². The Morgan fingerprint density at radius 1 is 1.35 bits per heavy atom. The number of nitrogens with zero attached hydrogens (tertiary/aromatic N) is 1. The quantitative estimate of drug-likeness (QED) is 0.867. The fourth-order valence-corrected chi connectivity index (χ4v) is 3.05. The first-order chi connectivity index (χ1) is 9.63. The highest BCUT2D eigenvalue weighted by Crippen LogP contribution is 2.23. The summed E-state index contributed by atoms with van der Waals surface area (Å²) in [6.45, 7) is 6.90. The summed E-state index contributed by atoms with van der Waals surface area (Å²) in [6.07, 6.45) is 4.10. The second kappa shape index (κ2) is 5.88. The van der Waals surface area contributed by atoms with E-state index >= 15 is 0 Å². The lowest BCUT2D eigenvalue weighted by molar-refractivity contribution is 0.0791. The van der Waals surface area contributed by atoms with Gasteiger partial charge in [-0.05, 0) is 46.2 Å². The first kappa shape index (κ1) is 14.1. The van der Waals surface area contributed by atoms with Crippen molar-refractivity contribution in [3.63, 3.8) is 0 Å². The Morgan fingerprint density at radius 2 is 2.15 bits per heavy atom. The van der Waals surface area contributed by atoms with Gasteiger partial charge in [0.25, 0.3) is 0 Å². The Kier molecular flexibility index (Phi) is 4.15. The van der Waals surface area contributed by atoms with Crippen LogP contribution >= 0.6 is 0 Å². The van der Waals surface area contributed by atoms with Crippen LogP contribution in [0.4, 0.5) is 0 Å². The molecular weight excluding hydrogens is 252 g/mol. The molecule has 0 radical (unpaired) electrons. The predicted octanol–water partition coefficient (Wildman–Crippen LogP) is 2.45. The van der Waals surface area contributed by atoms with E-state index in [0.717, 1.165) is 43.7 Å². The molecule has 2 unspecified atom stereocenters. The van der Waals surface area contributed by atoms with Gasteiger partial charge >= 0.3 is 0 Å². The monoisotopic (exact) mass is 278 g/mol. The Labute approximate surface area is 121 Å². The average molecular weight is 278 g/mol. The molecule has 112 valence electrons. The van der Waals surface area contributed by atoms with Crippen LogP contribution < -0.4 is 5.32 Å². The van der Waals surface area contributed by atoms with Crippen molar-refractivity contribution in [1.82, 2.24) is 10.2 Å². The molecule has 1 aromatic rings. The summed E-state index contributed by atoms with van der Waals surface area (Å²) in [5.41, 5.74) is 1.30. The number of hydrogen-bond acceptors (Lipinski definition) is 4. The van der Waals surface area contributed by atoms with Crippen LogP contribution in [0.1, 0.15) is 43.3 Å². The van der Waals surface area contributed by atoms with Gasteiger partial charge in [0.1, 0.15) is 11.5 Å². The van der Waals surface area contributed by atoms with Gasteiger partial charge in [-0.15, -0.1) is 0 Å². The van der Waals surface area contributed by atoms with Crippen LogP contribution in [-0.4, -0.2) is 36.7 Å². The smallest absolute Gasteiger partial charge is 0.118 e. The molecule has 2 heterocycles. The highest BCUT2D eigenvalue weighted by molar-refractivity contribution is 5.21. The second-order valence-electron chi connectivity index (χ2n) is 6.30. The summed E-state index contributed by atoms with van der Waals surface area (Å²) < 4.78 is 11.6. The number of furan rings is 1.